The lowest BCUT2D eigenvalue weighted by molar-refractivity contribution is -0.108. The Hall–Kier alpha value is 0.370. The monoisotopic (exact) mass is 204 g/mol. The number of carbonyl (C=O) groups is 1. The van der Waals surface area contributed by atoms with Crippen molar-refractivity contribution < 1.29 is 4.79 Å². The van der Waals surface area contributed by atoms with Crippen molar-refractivity contribution in [2.24, 2.45) is 5.92 Å². The molecule has 0 N–H and O–H groups in total. The van der Waals surface area contributed by atoms with Crippen molar-refractivity contribution in [1.82, 2.24) is 0 Å². The predicted octanol–water partition coefficient (Wildman–Crippen LogP) is 3.15. The smallest absolute Gasteiger partial charge is 0.120 e. The van der Waals surface area contributed by atoms with Crippen LogP contribution < -0.4 is 0 Å². The summed E-state index contributed by atoms with van der Waals surface area (Å²) in [6, 6.07) is 0. The second-order valence-corrected chi connectivity index (χ2v) is 6.20. The van der Waals surface area contributed by atoms with Crippen molar-refractivity contribution in [3.63, 3.8) is 0 Å². The predicted molar refractivity (Wildman–Crippen MR) is 57.5 cm³/mol. The summed E-state index contributed by atoms with van der Waals surface area (Å²) in [5.74, 6) is 1.91. The van der Waals surface area contributed by atoms with E-state index in [9.17, 15) is 4.79 Å². The van der Waals surface area contributed by atoms with Gasteiger partial charge in [0, 0.05) is 17.4 Å². The van der Waals surface area contributed by atoms with Gasteiger partial charge in [0.1, 0.15) is 6.29 Å². The molecular formula is C9H16OS2. The van der Waals surface area contributed by atoms with Gasteiger partial charge in [-0.15, -0.1) is 0 Å². The summed E-state index contributed by atoms with van der Waals surface area (Å²) >= 11 is 0. The molecular weight excluding hydrogens is 188 g/mol. The molecule has 1 nitrogen and oxygen atoms in total. The number of rotatable bonds is 5. The maximum Gasteiger partial charge on any atom is 0.120 e. The molecule has 12 heavy (non-hydrogen) atoms. The number of carbonyl (C=O) groups excluding carboxylic acids is 1. The van der Waals surface area contributed by atoms with E-state index in [1.807, 2.05) is 21.6 Å². The Balaban J connectivity index is 2.03. The molecule has 1 fully saturated rings. The van der Waals surface area contributed by atoms with Crippen LogP contribution in [-0.2, 0) is 4.79 Å². The van der Waals surface area contributed by atoms with Gasteiger partial charge in [-0.3, -0.25) is 0 Å². The van der Waals surface area contributed by atoms with Gasteiger partial charge in [-0.05, 0) is 25.2 Å². The molecule has 1 rings (SSSR count). The minimum atomic E-state index is 0.591. The van der Waals surface area contributed by atoms with Crippen LogP contribution in [-0.4, -0.2) is 17.3 Å². The minimum absolute atomic E-state index is 0.591. The van der Waals surface area contributed by atoms with Gasteiger partial charge in [0.15, 0.2) is 0 Å². The van der Waals surface area contributed by atoms with E-state index < -0.39 is 0 Å². The Kier molecular flexibility index (Phi) is 5.16. The Bertz CT molecular complexity index is 132. The number of hydrogen-bond acceptors (Lipinski definition) is 3. The van der Waals surface area contributed by atoms with E-state index in [-0.39, 0.29) is 0 Å². The lowest BCUT2D eigenvalue weighted by atomic mass is 10.0. The maximum absolute atomic E-state index is 10.2. The third kappa shape index (κ3) is 3.85. The molecule has 3 heteroatoms. The molecule has 70 valence electrons. The Morgan fingerprint density at radius 3 is 3.08 bits per heavy atom. The number of hydrogen-bond donors (Lipinski definition) is 0. The highest BCUT2D eigenvalue weighted by Gasteiger charge is 2.16. The molecule has 2 atom stereocenters. The van der Waals surface area contributed by atoms with Crippen LogP contribution in [0.15, 0.2) is 0 Å². The van der Waals surface area contributed by atoms with Gasteiger partial charge in [-0.25, -0.2) is 0 Å². The minimum Gasteiger partial charge on any atom is -0.303 e. The van der Waals surface area contributed by atoms with Gasteiger partial charge >= 0.3 is 0 Å². The van der Waals surface area contributed by atoms with E-state index >= 15 is 0 Å². The SMILES string of the molecule is CC(CC=O)CCC1CCSS1. The lowest BCUT2D eigenvalue weighted by Crippen LogP contribution is -2.02. The largest absolute Gasteiger partial charge is 0.303 e. The molecule has 0 aliphatic carbocycles. The summed E-state index contributed by atoms with van der Waals surface area (Å²) in [7, 11) is 4.03. The van der Waals surface area contributed by atoms with Crippen molar-refractivity contribution in [2.75, 3.05) is 5.75 Å². The molecule has 2 unspecified atom stereocenters. The van der Waals surface area contributed by atoms with Gasteiger partial charge in [-0.2, -0.15) is 0 Å². The first-order valence-corrected chi connectivity index (χ1v) is 6.93. The summed E-state index contributed by atoms with van der Waals surface area (Å²) in [5, 5.41) is 0.865. The molecule has 0 radical (unpaired) electrons. The Labute approximate surface area is 82.5 Å². The van der Waals surface area contributed by atoms with Crippen molar-refractivity contribution >= 4 is 27.9 Å². The Morgan fingerprint density at radius 1 is 1.67 bits per heavy atom. The fourth-order valence-corrected chi connectivity index (χ4v) is 4.31. The van der Waals surface area contributed by atoms with Crippen LogP contribution in [0.3, 0.4) is 0 Å². The third-order valence-electron chi connectivity index (χ3n) is 2.21. The average Bonchev–Trinajstić information content (AvgIpc) is 2.53. The van der Waals surface area contributed by atoms with Gasteiger partial charge in [0.25, 0.3) is 0 Å². The summed E-state index contributed by atoms with van der Waals surface area (Å²) in [5.41, 5.74) is 0. The summed E-state index contributed by atoms with van der Waals surface area (Å²) in [6.07, 6.45) is 5.67. The molecule has 1 aliphatic rings. The van der Waals surface area contributed by atoms with Gasteiger partial charge < -0.3 is 4.79 Å². The van der Waals surface area contributed by atoms with Crippen molar-refractivity contribution in [3.05, 3.63) is 0 Å². The third-order valence-corrected chi connectivity index (χ3v) is 5.21. The maximum atomic E-state index is 10.2. The topological polar surface area (TPSA) is 17.1 Å². The van der Waals surface area contributed by atoms with Gasteiger partial charge in [0.2, 0.25) is 0 Å². The zero-order chi connectivity index (χ0) is 8.81. The highest BCUT2D eigenvalue weighted by molar-refractivity contribution is 8.77. The molecule has 0 aromatic carbocycles. The van der Waals surface area contributed by atoms with E-state index in [0.29, 0.717) is 5.92 Å². The Morgan fingerprint density at radius 2 is 2.50 bits per heavy atom. The first-order chi connectivity index (χ1) is 5.83. The van der Waals surface area contributed by atoms with E-state index in [2.05, 4.69) is 6.92 Å². The van der Waals surface area contributed by atoms with E-state index in [1.165, 1.54) is 25.0 Å². The first kappa shape index (κ1) is 10.5. The lowest BCUT2D eigenvalue weighted by Gasteiger charge is -2.10. The van der Waals surface area contributed by atoms with Crippen molar-refractivity contribution in [1.29, 1.82) is 0 Å². The molecule has 0 spiro atoms. The van der Waals surface area contributed by atoms with E-state index in [0.717, 1.165) is 18.0 Å². The van der Waals surface area contributed by atoms with Crippen LogP contribution >= 0.6 is 21.6 Å². The van der Waals surface area contributed by atoms with Crippen LogP contribution in [0.1, 0.15) is 32.6 Å². The molecule has 0 aromatic rings. The molecule has 1 saturated heterocycles. The van der Waals surface area contributed by atoms with Crippen LogP contribution in [0.5, 0.6) is 0 Å². The zero-order valence-corrected chi connectivity index (χ0v) is 9.13. The fraction of sp³-hybridized carbons (Fsp3) is 0.889. The fourth-order valence-electron chi connectivity index (χ4n) is 1.32. The number of aldehydes is 1. The zero-order valence-electron chi connectivity index (χ0n) is 7.49. The van der Waals surface area contributed by atoms with E-state index in [1.54, 1.807) is 0 Å². The van der Waals surface area contributed by atoms with Crippen LogP contribution in [0, 0.1) is 5.92 Å². The summed E-state index contributed by atoms with van der Waals surface area (Å²) in [4.78, 5) is 10.2. The van der Waals surface area contributed by atoms with Gasteiger partial charge in [-0.1, -0.05) is 28.5 Å². The van der Waals surface area contributed by atoms with Crippen molar-refractivity contribution in [3.8, 4) is 0 Å². The average molecular weight is 204 g/mol. The van der Waals surface area contributed by atoms with E-state index in [4.69, 9.17) is 0 Å². The standard InChI is InChI=1S/C9H16OS2/c1-8(4-6-10)2-3-9-5-7-11-12-9/h6,8-9H,2-5,7H2,1H3. The second-order valence-electron chi connectivity index (χ2n) is 3.41. The first-order valence-electron chi connectivity index (χ1n) is 4.55. The molecule has 0 aromatic heterocycles. The quantitative estimate of drug-likeness (QED) is 0.506. The van der Waals surface area contributed by atoms with Gasteiger partial charge in [0.05, 0.1) is 0 Å². The van der Waals surface area contributed by atoms with Crippen LogP contribution in [0.25, 0.3) is 0 Å². The van der Waals surface area contributed by atoms with Crippen LogP contribution in [0.2, 0.25) is 0 Å². The summed E-state index contributed by atoms with van der Waals surface area (Å²) < 4.78 is 0. The molecule has 0 amide bonds. The van der Waals surface area contributed by atoms with Crippen molar-refractivity contribution in [2.45, 2.75) is 37.9 Å². The summed E-state index contributed by atoms with van der Waals surface area (Å²) in [6.45, 7) is 2.17. The molecule has 0 bridgehead atoms. The highest BCUT2D eigenvalue weighted by atomic mass is 33.1. The molecule has 1 heterocycles. The second kappa shape index (κ2) is 5.92. The molecule has 0 saturated carbocycles. The highest BCUT2D eigenvalue weighted by Crippen LogP contribution is 2.40. The normalized spacial score (nSPS) is 25.6. The molecule has 1 aliphatic heterocycles. The van der Waals surface area contributed by atoms with Crippen LogP contribution in [0.4, 0.5) is 0 Å².